The Bertz CT molecular complexity index is 1040. The van der Waals surface area contributed by atoms with Gasteiger partial charge in [0.1, 0.15) is 11.5 Å². The molecule has 29 heavy (non-hydrogen) atoms. The molecule has 6 heteroatoms. The van der Waals surface area contributed by atoms with Crippen molar-refractivity contribution in [2.24, 2.45) is 0 Å². The molecule has 6 nitrogen and oxygen atoms in total. The monoisotopic (exact) mass is 390 g/mol. The van der Waals surface area contributed by atoms with Crippen LogP contribution in [-0.2, 0) is 4.79 Å². The van der Waals surface area contributed by atoms with Crippen molar-refractivity contribution in [3.05, 3.63) is 66.2 Å². The first-order chi connectivity index (χ1) is 14.1. The van der Waals surface area contributed by atoms with Crippen LogP contribution in [0.25, 0.3) is 10.8 Å². The summed E-state index contributed by atoms with van der Waals surface area (Å²) in [6, 6.07) is 18.6. The minimum Gasteiger partial charge on any atom is -0.497 e. The van der Waals surface area contributed by atoms with Crippen molar-refractivity contribution in [3.8, 4) is 11.5 Å². The van der Waals surface area contributed by atoms with Gasteiger partial charge in [-0.1, -0.05) is 24.3 Å². The van der Waals surface area contributed by atoms with Gasteiger partial charge in [-0.2, -0.15) is 0 Å². The van der Waals surface area contributed by atoms with Crippen molar-refractivity contribution in [1.82, 2.24) is 5.32 Å². The van der Waals surface area contributed by atoms with Crippen LogP contribution >= 0.6 is 0 Å². The lowest BCUT2D eigenvalue weighted by atomic mass is 10.1. The molecule has 3 aromatic carbocycles. The molecular weight excluding hydrogens is 368 g/mol. The summed E-state index contributed by atoms with van der Waals surface area (Å²) in [5.74, 6) is 0.598. The van der Waals surface area contributed by atoms with E-state index >= 15 is 0 Å². The molecular formula is C23H22N2O4. The fourth-order valence-corrected chi connectivity index (χ4v) is 3.03. The predicted octanol–water partition coefficient (Wildman–Crippen LogP) is 3.76. The third-order valence-corrected chi connectivity index (χ3v) is 4.74. The predicted molar refractivity (Wildman–Crippen MR) is 112 cm³/mol. The highest BCUT2D eigenvalue weighted by molar-refractivity contribution is 6.08. The molecule has 3 aromatic rings. The van der Waals surface area contributed by atoms with E-state index in [0.717, 1.165) is 23.6 Å². The van der Waals surface area contributed by atoms with Crippen LogP contribution in [0.1, 0.15) is 23.2 Å². The summed E-state index contributed by atoms with van der Waals surface area (Å²) in [6.45, 7) is -0.127. The quantitative estimate of drug-likeness (QED) is 0.644. The lowest BCUT2D eigenvalue weighted by Gasteiger charge is -2.14. The fourth-order valence-electron chi connectivity index (χ4n) is 3.03. The molecule has 4 rings (SSSR count). The summed E-state index contributed by atoms with van der Waals surface area (Å²) in [7, 11) is 1.59. The van der Waals surface area contributed by atoms with Gasteiger partial charge in [0.05, 0.1) is 12.7 Å². The van der Waals surface area contributed by atoms with Gasteiger partial charge in [0.25, 0.3) is 11.8 Å². The van der Waals surface area contributed by atoms with Gasteiger partial charge in [-0.05, 0) is 60.0 Å². The van der Waals surface area contributed by atoms with Crippen LogP contribution in [0.15, 0.2) is 60.7 Å². The largest absolute Gasteiger partial charge is 0.497 e. The van der Waals surface area contributed by atoms with Crippen LogP contribution in [0.5, 0.6) is 11.5 Å². The van der Waals surface area contributed by atoms with E-state index < -0.39 is 0 Å². The number of carbonyl (C=O) groups excluding carboxylic acids is 2. The lowest BCUT2D eigenvalue weighted by Crippen LogP contribution is -2.30. The number of hydrogen-bond donors (Lipinski definition) is 2. The van der Waals surface area contributed by atoms with Gasteiger partial charge in [-0.3, -0.25) is 9.59 Å². The molecule has 0 spiro atoms. The third kappa shape index (κ3) is 4.66. The van der Waals surface area contributed by atoms with Crippen LogP contribution in [0.3, 0.4) is 0 Å². The Balaban J connectivity index is 1.57. The van der Waals surface area contributed by atoms with E-state index in [1.165, 1.54) is 0 Å². The van der Waals surface area contributed by atoms with Crippen molar-refractivity contribution in [2.45, 2.75) is 18.9 Å². The SMILES string of the molecule is COc1ccc(NC(=O)c2cc3ccccc3cc2OCC(=O)NC2CC2)cc1. The van der Waals surface area contributed by atoms with E-state index in [1.807, 2.05) is 24.3 Å². The maximum Gasteiger partial charge on any atom is 0.259 e. The molecule has 1 aliphatic carbocycles. The summed E-state index contributed by atoms with van der Waals surface area (Å²) in [5.41, 5.74) is 1.01. The zero-order valence-corrected chi connectivity index (χ0v) is 16.1. The first-order valence-electron chi connectivity index (χ1n) is 9.53. The number of carbonyl (C=O) groups is 2. The molecule has 1 fully saturated rings. The number of benzene rings is 3. The molecule has 0 unspecified atom stereocenters. The van der Waals surface area contributed by atoms with Gasteiger partial charge in [0.15, 0.2) is 6.61 Å². The summed E-state index contributed by atoms with van der Waals surface area (Å²) in [6.07, 6.45) is 2.02. The number of ether oxygens (including phenoxy) is 2. The molecule has 0 radical (unpaired) electrons. The highest BCUT2D eigenvalue weighted by atomic mass is 16.5. The van der Waals surface area contributed by atoms with Crippen molar-refractivity contribution in [1.29, 1.82) is 0 Å². The van der Waals surface area contributed by atoms with Crippen LogP contribution < -0.4 is 20.1 Å². The number of rotatable bonds is 7. The van der Waals surface area contributed by atoms with E-state index in [0.29, 0.717) is 22.7 Å². The molecule has 0 atom stereocenters. The first-order valence-corrected chi connectivity index (χ1v) is 9.53. The summed E-state index contributed by atoms with van der Waals surface area (Å²) >= 11 is 0. The van der Waals surface area contributed by atoms with Crippen molar-refractivity contribution >= 4 is 28.3 Å². The smallest absolute Gasteiger partial charge is 0.259 e. The van der Waals surface area contributed by atoms with E-state index in [-0.39, 0.29) is 24.5 Å². The highest BCUT2D eigenvalue weighted by Crippen LogP contribution is 2.27. The lowest BCUT2D eigenvalue weighted by molar-refractivity contribution is -0.123. The van der Waals surface area contributed by atoms with E-state index in [4.69, 9.17) is 9.47 Å². The van der Waals surface area contributed by atoms with Crippen LogP contribution in [0.2, 0.25) is 0 Å². The van der Waals surface area contributed by atoms with Crippen molar-refractivity contribution in [2.75, 3.05) is 19.0 Å². The Morgan fingerprint density at radius 2 is 1.69 bits per heavy atom. The van der Waals surface area contributed by atoms with Crippen molar-refractivity contribution in [3.63, 3.8) is 0 Å². The number of amides is 2. The van der Waals surface area contributed by atoms with Crippen LogP contribution in [-0.4, -0.2) is 31.6 Å². The zero-order valence-electron chi connectivity index (χ0n) is 16.1. The normalized spacial score (nSPS) is 13.0. The molecule has 1 aliphatic rings. The highest BCUT2D eigenvalue weighted by Gasteiger charge is 2.23. The molecule has 0 heterocycles. The Morgan fingerprint density at radius 1 is 1.00 bits per heavy atom. The second kappa shape index (κ2) is 8.22. The third-order valence-electron chi connectivity index (χ3n) is 4.74. The topological polar surface area (TPSA) is 76.7 Å². The summed E-state index contributed by atoms with van der Waals surface area (Å²) in [5, 5.41) is 7.61. The molecule has 1 saturated carbocycles. The van der Waals surface area contributed by atoms with Crippen LogP contribution in [0.4, 0.5) is 5.69 Å². The number of methoxy groups -OCH3 is 1. The molecule has 2 N–H and O–H groups in total. The number of nitrogens with one attached hydrogen (secondary N) is 2. The molecule has 148 valence electrons. The Morgan fingerprint density at radius 3 is 2.34 bits per heavy atom. The average Bonchev–Trinajstić information content (AvgIpc) is 3.56. The van der Waals surface area contributed by atoms with E-state index in [9.17, 15) is 9.59 Å². The Hall–Kier alpha value is -3.54. The van der Waals surface area contributed by atoms with Gasteiger partial charge >= 0.3 is 0 Å². The summed E-state index contributed by atoms with van der Waals surface area (Å²) < 4.78 is 10.9. The number of anilines is 1. The standard InChI is InChI=1S/C23H22N2O4/c1-28-19-10-8-18(9-11-19)25-23(27)20-12-15-4-2-3-5-16(15)13-21(20)29-14-22(26)24-17-6-7-17/h2-5,8-13,17H,6-7,14H2,1H3,(H,24,26)(H,25,27). The Labute approximate surface area is 168 Å². The average molecular weight is 390 g/mol. The molecule has 2 amide bonds. The minimum atomic E-state index is -0.307. The molecule has 0 aliphatic heterocycles. The van der Waals surface area contributed by atoms with Gasteiger partial charge < -0.3 is 20.1 Å². The van der Waals surface area contributed by atoms with Crippen molar-refractivity contribution < 1.29 is 19.1 Å². The number of fused-ring (bicyclic) bond motifs is 1. The first kappa shape index (κ1) is 18.8. The van der Waals surface area contributed by atoms with Gasteiger partial charge in [-0.25, -0.2) is 0 Å². The second-order valence-electron chi connectivity index (χ2n) is 7.01. The fraction of sp³-hybridized carbons (Fsp3) is 0.217. The second-order valence-corrected chi connectivity index (χ2v) is 7.01. The van der Waals surface area contributed by atoms with E-state index in [1.54, 1.807) is 43.5 Å². The van der Waals surface area contributed by atoms with E-state index in [2.05, 4.69) is 10.6 Å². The number of hydrogen-bond acceptors (Lipinski definition) is 4. The molecule has 0 aromatic heterocycles. The maximum atomic E-state index is 12.9. The zero-order chi connectivity index (χ0) is 20.2. The van der Waals surface area contributed by atoms with Gasteiger partial charge in [-0.15, -0.1) is 0 Å². The minimum absolute atomic E-state index is 0.127. The maximum absolute atomic E-state index is 12.9. The summed E-state index contributed by atoms with van der Waals surface area (Å²) in [4.78, 5) is 25.0. The Kier molecular flexibility index (Phi) is 5.33. The van der Waals surface area contributed by atoms with Gasteiger partial charge in [0, 0.05) is 11.7 Å². The van der Waals surface area contributed by atoms with Crippen LogP contribution in [0, 0.1) is 0 Å². The van der Waals surface area contributed by atoms with Gasteiger partial charge in [0.2, 0.25) is 0 Å². The molecule has 0 saturated heterocycles. The molecule has 0 bridgehead atoms.